The summed E-state index contributed by atoms with van der Waals surface area (Å²) < 4.78 is 24.7. The molecule has 0 radical (unpaired) electrons. The molecule has 0 aromatic heterocycles. The van der Waals surface area contributed by atoms with Crippen LogP contribution in [0.2, 0.25) is 0 Å². The minimum absolute atomic E-state index is 0.0488. The molecule has 2 aromatic rings. The summed E-state index contributed by atoms with van der Waals surface area (Å²) in [5.41, 5.74) is 7.44. The van der Waals surface area contributed by atoms with Gasteiger partial charge in [-0.2, -0.15) is 0 Å². The van der Waals surface area contributed by atoms with Crippen LogP contribution in [0, 0.1) is 19.7 Å². The van der Waals surface area contributed by atoms with Crippen molar-refractivity contribution >= 4 is 13.1 Å². The first-order valence-corrected chi connectivity index (χ1v) is 12.4. The molecule has 30 heavy (non-hydrogen) atoms. The molecule has 2 aromatic carbocycles. The van der Waals surface area contributed by atoms with Crippen molar-refractivity contribution in [3.05, 3.63) is 87.5 Å². The number of hydrogen-bond donors (Lipinski definition) is 3. The second-order valence-electron chi connectivity index (χ2n) is 8.23. The van der Waals surface area contributed by atoms with Crippen molar-refractivity contribution in [3.8, 4) is 0 Å². The van der Waals surface area contributed by atoms with E-state index >= 15 is 0 Å². The molecule has 160 valence electrons. The number of anilines is 1. The molecule has 1 aliphatic carbocycles. The Labute approximate surface area is 177 Å². The number of aryl methyl sites for hydroxylation is 2. The molecule has 0 amide bonds. The highest BCUT2D eigenvalue weighted by atomic mass is 31.2. The van der Waals surface area contributed by atoms with Gasteiger partial charge in [0.05, 0.1) is 12.0 Å². The molecule has 0 aliphatic heterocycles. The lowest BCUT2D eigenvalue weighted by Crippen LogP contribution is -2.07. The zero-order valence-corrected chi connectivity index (χ0v) is 18.6. The zero-order valence-electron chi connectivity index (χ0n) is 17.7. The predicted octanol–water partition coefficient (Wildman–Crippen LogP) is 6.03. The van der Waals surface area contributed by atoms with E-state index in [0.717, 1.165) is 40.8 Å². The Morgan fingerprint density at radius 2 is 1.70 bits per heavy atom. The Morgan fingerprint density at radius 1 is 1.07 bits per heavy atom. The second-order valence-corrected chi connectivity index (χ2v) is 10.6. The smallest absolute Gasteiger partial charge is 0.216 e. The Bertz CT molecular complexity index is 1010. The van der Waals surface area contributed by atoms with Crippen LogP contribution < -0.4 is 5.32 Å². The third-order valence-electron chi connectivity index (χ3n) is 5.42. The molecule has 4 nitrogen and oxygen atoms in total. The Hall–Kier alpha value is -2.36. The quantitative estimate of drug-likeness (QED) is 0.470. The lowest BCUT2D eigenvalue weighted by molar-refractivity contribution is 0.377. The second kappa shape index (κ2) is 9.20. The van der Waals surface area contributed by atoms with Gasteiger partial charge in [-0.05, 0) is 78.8 Å². The van der Waals surface area contributed by atoms with Crippen molar-refractivity contribution in [1.29, 1.82) is 0 Å². The molecule has 0 heterocycles. The van der Waals surface area contributed by atoms with Gasteiger partial charge in [0.25, 0.3) is 0 Å². The Morgan fingerprint density at radius 3 is 2.30 bits per heavy atom. The van der Waals surface area contributed by atoms with Crippen LogP contribution >= 0.6 is 7.37 Å². The monoisotopic (exact) mass is 429 g/mol. The van der Waals surface area contributed by atoms with Crippen molar-refractivity contribution < 1.29 is 19.0 Å². The number of aliphatic hydroxyl groups excluding tert-OH is 1. The van der Waals surface area contributed by atoms with Gasteiger partial charge in [-0.15, -0.1) is 0 Å². The molecular formula is C24H29FNO3P. The molecule has 3 rings (SSSR count). The maximum atomic E-state index is 13.2. The SMILES string of the molecule is Cc1cc(NCP(C)(=O)O)cc(C)c1CC1=CC(Cc2ccc(F)cc2)=C(O)CC1. The third kappa shape index (κ3) is 6.07. The van der Waals surface area contributed by atoms with Gasteiger partial charge in [0.2, 0.25) is 7.37 Å². The van der Waals surface area contributed by atoms with Gasteiger partial charge in [-0.25, -0.2) is 4.39 Å². The first kappa shape index (κ1) is 22.3. The lowest BCUT2D eigenvalue weighted by atomic mass is 9.88. The number of allylic oxidation sites excluding steroid dienone is 4. The van der Waals surface area contributed by atoms with Gasteiger partial charge in [0.15, 0.2) is 0 Å². The van der Waals surface area contributed by atoms with Crippen molar-refractivity contribution in [2.45, 2.75) is 39.5 Å². The maximum Gasteiger partial charge on any atom is 0.216 e. The van der Waals surface area contributed by atoms with E-state index in [9.17, 15) is 19.0 Å². The van der Waals surface area contributed by atoms with Crippen LogP contribution in [0.4, 0.5) is 10.1 Å². The summed E-state index contributed by atoms with van der Waals surface area (Å²) in [6.07, 6.45) is 4.92. The highest BCUT2D eigenvalue weighted by Crippen LogP contribution is 2.35. The van der Waals surface area contributed by atoms with E-state index in [-0.39, 0.29) is 12.1 Å². The fraction of sp³-hybridized carbons (Fsp3) is 0.333. The van der Waals surface area contributed by atoms with E-state index in [4.69, 9.17) is 0 Å². The zero-order chi connectivity index (χ0) is 21.9. The van der Waals surface area contributed by atoms with Crippen molar-refractivity contribution in [3.63, 3.8) is 0 Å². The normalized spacial score (nSPS) is 16.2. The van der Waals surface area contributed by atoms with E-state index in [2.05, 4.69) is 11.4 Å². The van der Waals surface area contributed by atoms with Gasteiger partial charge in [-0.1, -0.05) is 23.8 Å². The van der Waals surface area contributed by atoms with Crippen LogP contribution in [0.3, 0.4) is 0 Å². The minimum Gasteiger partial charge on any atom is -0.512 e. The average molecular weight is 429 g/mol. The van der Waals surface area contributed by atoms with Gasteiger partial charge in [-0.3, -0.25) is 4.57 Å². The summed E-state index contributed by atoms with van der Waals surface area (Å²) in [5.74, 6) is 0.144. The summed E-state index contributed by atoms with van der Waals surface area (Å²) in [6.45, 7) is 5.44. The van der Waals surface area contributed by atoms with Gasteiger partial charge in [0, 0.05) is 25.2 Å². The van der Waals surface area contributed by atoms with Crippen LogP contribution in [0.25, 0.3) is 0 Å². The number of hydrogen-bond acceptors (Lipinski definition) is 3. The number of halogens is 1. The fourth-order valence-corrected chi connectivity index (χ4v) is 4.27. The molecule has 0 fully saturated rings. The Balaban J connectivity index is 1.76. The summed E-state index contributed by atoms with van der Waals surface area (Å²) >= 11 is 0. The molecule has 0 bridgehead atoms. The van der Waals surface area contributed by atoms with Gasteiger partial charge < -0.3 is 15.3 Å². The minimum atomic E-state index is -3.12. The van der Waals surface area contributed by atoms with Crippen molar-refractivity contribution in [2.24, 2.45) is 0 Å². The van der Waals surface area contributed by atoms with Crippen molar-refractivity contribution in [2.75, 3.05) is 18.3 Å². The third-order valence-corrected chi connectivity index (χ3v) is 6.16. The van der Waals surface area contributed by atoms with Gasteiger partial charge >= 0.3 is 0 Å². The average Bonchev–Trinajstić information content (AvgIpc) is 2.66. The van der Waals surface area contributed by atoms with Crippen LogP contribution in [0.1, 0.15) is 35.1 Å². The summed E-state index contributed by atoms with van der Waals surface area (Å²) in [6, 6.07) is 10.4. The van der Waals surface area contributed by atoms with E-state index in [0.29, 0.717) is 18.6 Å². The molecule has 1 aliphatic rings. The number of benzene rings is 2. The van der Waals surface area contributed by atoms with Gasteiger partial charge in [0.1, 0.15) is 5.82 Å². The maximum absolute atomic E-state index is 13.2. The first-order chi connectivity index (χ1) is 14.1. The van der Waals surface area contributed by atoms with Crippen LogP contribution in [-0.4, -0.2) is 23.0 Å². The van der Waals surface area contributed by atoms with E-state index < -0.39 is 7.37 Å². The van der Waals surface area contributed by atoms with Crippen LogP contribution in [0.5, 0.6) is 0 Å². The highest BCUT2D eigenvalue weighted by Gasteiger charge is 2.16. The Kier molecular flexibility index (Phi) is 6.84. The molecule has 6 heteroatoms. The summed E-state index contributed by atoms with van der Waals surface area (Å²) in [5, 5.41) is 13.4. The van der Waals surface area contributed by atoms with E-state index in [1.807, 2.05) is 26.0 Å². The lowest BCUT2D eigenvalue weighted by Gasteiger charge is -2.20. The van der Waals surface area contributed by atoms with Crippen LogP contribution in [0.15, 0.2) is 59.4 Å². The molecular weight excluding hydrogens is 400 g/mol. The number of nitrogens with one attached hydrogen (secondary N) is 1. The molecule has 3 N–H and O–H groups in total. The predicted molar refractivity (Wildman–Crippen MR) is 121 cm³/mol. The van der Waals surface area contributed by atoms with E-state index in [1.165, 1.54) is 29.9 Å². The molecule has 1 unspecified atom stereocenters. The summed E-state index contributed by atoms with van der Waals surface area (Å²) in [7, 11) is -3.12. The fourth-order valence-electron chi connectivity index (χ4n) is 3.80. The van der Waals surface area contributed by atoms with Crippen molar-refractivity contribution in [1.82, 2.24) is 0 Å². The first-order valence-electron chi connectivity index (χ1n) is 10.1. The summed E-state index contributed by atoms with van der Waals surface area (Å²) in [4.78, 5) is 9.50. The topological polar surface area (TPSA) is 69.6 Å². The molecule has 0 saturated heterocycles. The van der Waals surface area contributed by atoms with E-state index in [1.54, 1.807) is 12.1 Å². The van der Waals surface area contributed by atoms with Crippen LogP contribution in [-0.2, 0) is 17.4 Å². The number of rotatable bonds is 7. The molecule has 1 atom stereocenters. The molecule has 0 spiro atoms. The number of aliphatic hydroxyl groups is 1. The largest absolute Gasteiger partial charge is 0.512 e. The standard InChI is InChI=1S/C24H29FNO3P/c1-16-10-22(26-15-30(3,28)29)11-17(2)23(16)14-19-6-9-24(27)20(13-19)12-18-4-7-21(25)8-5-18/h4-5,7-8,10-11,13,26-27H,6,9,12,14-15H2,1-3H3,(H,28,29). The molecule has 0 saturated carbocycles. The highest BCUT2D eigenvalue weighted by molar-refractivity contribution is 7.57.